The molecule has 0 aliphatic carbocycles. The number of ether oxygens (including phenoxy) is 1. The first-order chi connectivity index (χ1) is 12.0. The van der Waals surface area contributed by atoms with Crippen LogP contribution >= 0.6 is 0 Å². The van der Waals surface area contributed by atoms with Crippen molar-refractivity contribution in [3.63, 3.8) is 0 Å². The largest absolute Gasteiger partial charge is 0.496 e. The molecule has 5 heteroatoms. The molecule has 0 amide bonds. The van der Waals surface area contributed by atoms with E-state index in [1.807, 2.05) is 31.2 Å². The normalized spacial score (nSPS) is 10.9. The van der Waals surface area contributed by atoms with E-state index in [2.05, 4.69) is 13.8 Å². The minimum atomic E-state index is -2.73. The molecule has 154 valence electrons. The van der Waals surface area contributed by atoms with E-state index < -0.39 is 17.3 Å². The van der Waals surface area contributed by atoms with Crippen LogP contribution in [0.15, 0.2) is 48.5 Å². The van der Waals surface area contributed by atoms with Crippen molar-refractivity contribution < 1.29 is 50.6 Å². The first-order valence-electron chi connectivity index (χ1n) is 8.87. The fraction of sp³-hybridized carbons (Fsp3) is 0.391. The maximum absolute atomic E-state index is 14.1. The molecule has 0 atom stereocenters. The molecule has 0 fully saturated rings. The van der Waals surface area contributed by atoms with Crippen molar-refractivity contribution >= 4 is 0 Å². The van der Waals surface area contributed by atoms with E-state index in [0.717, 1.165) is 23.5 Å². The van der Waals surface area contributed by atoms with Crippen LogP contribution in [0.1, 0.15) is 51.3 Å². The molecule has 0 aliphatic rings. The summed E-state index contributed by atoms with van der Waals surface area (Å²) in [6.07, 6.45) is 0. The second kappa shape index (κ2) is 12.5. The third kappa shape index (κ3) is 7.79. The second-order valence-corrected chi connectivity index (χ2v) is 7.18. The zero-order valence-corrected chi connectivity index (χ0v) is 20.2. The van der Waals surface area contributed by atoms with Gasteiger partial charge in [0.15, 0.2) is 0 Å². The molecule has 2 rings (SSSR count). The molecule has 0 aliphatic heterocycles. The van der Waals surface area contributed by atoms with Crippen molar-refractivity contribution in [3.05, 3.63) is 79.1 Å². The second-order valence-electron chi connectivity index (χ2n) is 7.18. The third-order valence-corrected chi connectivity index (χ3v) is 4.47. The maximum Gasteiger partial charge on any atom is 0.259 e. The van der Waals surface area contributed by atoms with E-state index in [1.165, 1.54) is 0 Å². The average Bonchev–Trinajstić information content (AvgIpc) is 2.58. The van der Waals surface area contributed by atoms with Gasteiger partial charge in [-0.25, -0.2) is 8.78 Å². The van der Waals surface area contributed by atoms with Gasteiger partial charge < -0.3 is 4.74 Å². The Labute approximate surface area is 193 Å². The molecule has 0 bridgehead atoms. The van der Waals surface area contributed by atoms with E-state index in [-0.39, 0.29) is 37.1 Å². The Morgan fingerprint density at radius 3 is 1.61 bits per heavy atom. The number of hydrogen-bond acceptors (Lipinski definition) is 1. The molecule has 0 saturated heterocycles. The summed E-state index contributed by atoms with van der Waals surface area (Å²) < 4.78 is 33.4. The van der Waals surface area contributed by atoms with Crippen LogP contribution in [0.4, 0.5) is 8.78 Å². The van der Waals surface area contributed by atoms with E-state index in [9.17, 15) is 8.78 Å². The Balaban J connectivity index is 0. The predicted molar refractivity (Wildman–Crippen MR) is 106 cm³/mol. The Morgan fingerprint density at radius 1 is 0.857 bits per heavy atom. The van der Waals surface area contributed by atoms with Crippen molar-refractivity contribution in [2.75, 3.05) is 6.61 Å². The van der Waals surface area contributed by atoms with Gasteiger partial charge in [-0.05, 0) is 6.92 Å². The van der Waals surface area contributed by atoms with Crippen molar-refractivity contribution in [2.24, 2.45) is 5.92 Å². The van der Waals surface area contributed by atoms with Crippen LogP contribution in [0, 0.1) is 19.8 Å². The van der Waals surface area contributed by atoms with Crippen LogP contribution < -0.4 is 4.74 Å². The molecule has 1 nitrogen and oxygen atoms in total. The van der Waals surface area contributed by atoms with Crippen LogP contribution in [0.3, 0.4) is 0 Å². The smallest absolute Gasteiger partial charge is 0.259 e. The Morgan fingerprint density at radius 2 is 1.25 bits per heavy atom. The van der Waals surface area contributed by atoms with E-state index in [4.69, 9.17) is 4.74 Å². The molecule has 0 heterocycles. The number of alkyl halides is 2. The van der Waals surface area contributed by atoms with Crippen LogP contribution in [0.25, 0.3) is 0 Å². The molecule has 28 heavy (non-hydrogen) atoms. The van der Waals surface area contributed by atoms with Crippen molar-refractivity contribution in [1.82, 2.24) is 0 Å². The molecule has 2 radical (unpaired) electrons. The fourth-order valence-electron chi connectivity index (χ4n) is 2.59. The van der Waals surface area contributed by atoms with Gasteiger partial charge in [0.2, 0.25) is 0 Å². The number of benzene rings is 2. The molecule has 0 saturated carbocycles. The zero-order chi connectivity index (χ0) is 20.0. The van der Waals surface area contributed by atoms with Gasteiger partial charge in [-0.3, -0.25) is 0 Å². The molecule has 0 spiro atoms. The average molecular weight is 462 g/mol. The fourth-order valence-corrected chi connectivity index (χ4v) is 2.59. The van der Waals surface area contributed by atoms with Crippen molar-refractivity contribution in [3.8, 4) is 5.75 Å². The molecule has 0 N–H and O–H groups in total. The van der Waals surface area contributed by atoms with Crippen LogP contribution in [-0.4, -0.2) is 12.5 Å². The summed E-state index contributed by atoms with van der Waals surface area (Å²) in [5, 5.41) is 0. The summed E-state index contributed by atoms with van der Waals surface area (Å²) in [7, 11) is 0. The summed E-state index contributed by atoms with van der Waals surface area (Å²) in [4.78, 5) is 0. The molecule has 2 aromatic carbocycles. The van der Waals surface area contributed by atoms with E-state index in [1.54, 1.807) is 52.0 Å². The topological polar surface area (TPSA) is 9.23 Å². The molecule has 0 unspecified atom stereocenters. The van der Waals surface area contributed by atoms with Gasteiger partial charge >= 0.3 is 0 Å². The summed E-state index contributed by atoms with van der Waals surface area (Å²) in [5.41, 5.74) is 1.35. The van der Waals surface area contributed by atoms with Crippen LogP contribution in [0.2, 0.25) is 0 Å². The Hall–Kier alpha value is -0.991. The van der Waals surface area contributed by atoms with Gasteiger partial charge in [0.1, 0.15) is 0 Å². The Kier molecular flexibility index (Phi) is 13.1. The first-order valence-corrected chi connectivity index (χ1v) is 8.87. The van der Waals surface area contributed by atoms with Gasteiger partial charge in [-0.1, -0.05) is 45.4 Å². The van der Waals surface area contributed by atoms with Gasteiger partial charge in [-0.15, -0.1) is 12.1 Å². The molecule has 2 aromatic rings. The molecule has 0 aromatic heterocycles. The van der Waals surface area contributed by atoms with Gasteiger partial charge in [0, 0.05) is 43.0 Å². The predicted octanol–water partition coefficient (Wildman–Crippen LogP) is 6.70. The number of halogens is 2. The molecular formula is C23H30F2OV2-2. The van der Waals surface area contributed by atoms with E-state index >= 15 is 0 Å². The monoisotopic (exact) mass is 462 g/mol. The van der Waals surface area contributed by atoms with Crippen LogP contribution in [-0.2, 0) is 42.5 Å². The van der Waals surface area contributed by atoms with Gasteiger partial charge in [0.05, 0.1) is 17.8 Å². The Bertz CT molecular complexity index is 666. The summed E-state index contributed by atoms with van der Waals surface area (Å²) in [6.45, 7) is 16.5. The van der Waals surface area contributed by atoms with Crippen molar-refractivity contribution in [2.45, 2.75) is 46.0 Å². The number of hydrogen-bond donors (Lipinski definition) is 0. The zero-order valence-electron chi connectivity index (χ0n) is 17.4. The van der Waals surface area contributed by atoms with Gasteiger partial charge in [0.25, 0.3) is 5.92 Å². The third-order valence-electron chi connectivity index (χ3n) is 4.47. The quantitative estimate of drug-likeness (QED) is 0.450. The summed E-state index contributed by atoms with van der Waals surface area (Å²) in [6, 6.07) is 14.7. The van der Waals surface area contributed by atoms with E-state index in [0.29, 0.717) is 5.56 Å². The SMILES string of the molecule is [CH2-]c1ccc(C(C)(C)C(F)(F)C(C)C)cc1.[CH2-]c1ccc(OCC)cc1.[V].[V]. The van der Waals surface area contributed by atoms with Crippen molar-refractivity contribution in [1.29, 1.82) is 0 Å². The summed E-state index contributed by atoms with van der Waals surface area (Å²) >= 11 is 0. The van der Waals surface area contributed by atoms with Gasteiger partial charge in [-0.2, -0.15) is 49.2 Å². The minimum Gasteiger partial charge on any atom is -0.496 e. The molecular weight excluding hydrogens is 432 g/mol. The first kappa shape index (κ1) is 29.2. The van der Waals surface area contributed by atoms with Crippen LogP contribution in [0.5, 0.6) is 5.75 Å². The maximum atomic E-state index is 14.1. The standard InChI is InChI=1S/C14H19F2.C9H11O.2V/c1-10(2)14(15,16)13(4,5)12-8-6-11(3)7-9-12;1-3-10-9-6-4-8(2)5-7-9;;/h6-10H,3H2,1-2,4-5H3;4-7H,2-3H2,1H3;;/q2*-1;;. The minimum absolute atomic E-state index is 0. The summed E-state index contributed by atoms with van der Waals surface area (Å²) in [5.74, 6) is -2.49. The number of rotatable bonds is 5.